The first-order valence-corrected chi connectivity index (χ1v) is 8.71. The molecule has 0 radical (unpaired) electrons. The van der Waals surface area contributed by atoms with Crippen LogP contribution in [0.2, 0.25) is 0 Å². The van der Waals surface area contributed by atoms with Crippen LogP contribution in [0.4, 0.5) is 11.5 Å². The molecule has 0 spiro atoms. The molecule has 2 aromatic carbocycles. The molecule has 2 amide bonds. The number of ether oxygens (including phenoxy) is 1. The lowest BCUT2D eigenvalue weighted by Crippen LogP contribution is -2.24. The van der Waals surface area contributed by atoms with E-state index in [1.807, 2.05) is 19.1 Å². The van der Waals surface area contributed by atoms with Crippen molar-refractivity contribution in [1.29, 1.82) is 0 Å². The molecular formula is C20H14N4O6. The van der Waals surface area contributed by atoms with Gasteiger partial charge in [0, 0.05) is 18.2 Å². The highest BCUT2D eigenvalue weighted by Gasteiger charge is 2.32. The molecule has 2 heterocycles. The van der Waals surface area contributed by atoms with E-state index in [0.29, 0.717) is 5.75 Å². The number of hydrogen-bond donors (Lipinski definition) is 2. The standard InChI is InChI=1S/C20H14N4O6/c1-10-4-2-3-5-15(10)30-13-7-11(6-12(8-13)24(28)29)23-16(25)9-14-17(18(23)21)20(27)22-19(14)26/h2-9H,21H2,1H3,(H,22,26,27). The van der Waals surface area contributed by atoms with Gasteiger partial charge in [-0.1, -0.05) is 18.2 Å². The van der Waals surface area contributed by atoms with Gasteiger partial charge in [0.15, 0.2) is 0 Å². The van der Waals surface area contributed by atoms with E-state index in [-0.39, 0.29) is 34.1 Å². The van der Waals surface area contributed by atoms with Gasteiger partial charge in [0.1, 0.15) is 17.3 Å². The monoisotopic (exact) mass is 406 g/mol. The maximum absolute atomic E-state index is 12.6. The lowest BCUT2D eigenvalue weighted by Gasteiger charge is -2.14. The van der Waals surface area contributed by atoms with E-state index in [4.69, 9.17) is 10.5 Å². The minimum Gasteiger partial charge on any atom is -0.457 e. The van der Waals surface area contributed by atoms with Crippen molar-refractivity contribution in [3.63, 3.8) is 0 Å². The number of rotatable bonds is 4. The molecule has 1 aliphatic heterocycles. The molecule has 0 saturated carbocycles. The minimum atomic E-state index is -0.747. The number of para-hydroxylation sites is 1. The van der Waals surface area contributed by atoms with Gasteiger partial charge in [-0.25, -0.2) is 0 Å². The lowest BCUT2D eigenvalue weighted by molar-refractivity contribution is -0.384. The number of nitrogens with two attached hydrogens (primary N) is 1. The number of non-ortho nitro benzene ring substituents is 1. The number of nitro benzene ring substituents is 1. The Balaban J connectivity index is 1.91. The van der Waals surface area contributed by atoms with Crippen LogP contribution < -0.4 is 21.3 Å². The van der Waals surface area contributed by atoms with Crippen LogP contribution >= 0.6 is 0 Å². The Hall–Kier alpha value is -4.47. The maximum atomic E-state index is 12.6. The Bertz CT molecular complexity index is 1310. The Morgan fingerprint density at radius 2 is 1.80 bits per heavy atom. The predicted octanol–water partition coefficient (Wildman–Crippen LogP) is 2.31. The normalized spacial score (nSPS) is 12.4. The average Bonchev–Trinajstić information content (AvgIpc) is 2.97. The third-order valence-corrected chi connectivity index (χ3v) is 4.62. The minimum absolute atomic E-state index is 0.0187. The molecule has 0 unspecified atom stereocenters. The summed E-state index contributed by atoms with van der Waals surface area (Å²) in [5.74, 6) is -1.20. The summed E-state index contributed by atoms with van der Waals surface area (Å²) < 4.78 is 6.70. The van der Waals surface area contributed by atoms with Gasteiger partial charge in [-0.2, -0.15) is 0 Å². The number of benzene rings is 2. The maximum Gasteiger partial charge on any atom is 0.275 e. The molecule has 0 aliphatic carbocycles. The highest BCUT2D eigenvalue weighted by Crippen LogP contribution is 2.32. The van der Waals surface area contributed by atoms with Crippen LogP contribution in [0.3, 0.4) is 0 Å². The second-order valence-corrected chi connectivity index (χ2v) is 6.58. The van der Waals surface area contributed by atoms with Crippen molar-refractivity contribution in [3.05, 3.63) is 85.7 Å². The zero-order chi connectivity index (χ0) is 21.6. The molecule has 1 aromatic heterocycles. The first kappa shape index (κ1) is 18.9. The van der Waals surface area contributed by atoms with Crippen molar-refractivity contribution in [2.45, 2.75) is 6.92 Å². The van der Waals surface area contributed by atoms with Gasteiger partial charge < -0.3 is 10.5 Å². The molecular weight excluding hydrogens is 392 g/mol. The van der Waals surface area contributed by atoms with Gasteiger partial charge in [0.2, 0.25) is 0 Å². The highest BCUT2D eigenvalue weighted by atomic mass is 16.6. The number of imide groups is 1. The highest BCUT2D eigenvalue weighted by molar-refractivity contribution is 6.23. The van der Waals surface area contributed by atoms with E-state index in [0.717, 1.165) is 22.3 Å². The van der Waals surface area contributed by atoms with E-state index >= 15 is 0 Å². The van der Waals surface area contributed by atoms with Gasteiger partial charge in [0.25, 0.3) is 23.1 Å². The molecule has 3 N–H and O–H groups in total. The van der Waals surface area contributed by atoms with E-state index in [1.165, 1.54) is 12.1 Å². The van der Waals surface area contributed by atoms with Crippen molar-refractivity contribution in [1.82, 2.24) is 9.88 Å². The molecule has 0 bridgehead atoms. The Morgan fingerprint density at radius 3 is 2.50 bits per heavy atom. The summed E-state index contributed by atoms with van der Waals surface area (Å²) in [6.07, 6.45) is 0. The predicted molar refractivity (Wildman–Crippen MR) is 106 cm³/mol. The molecule has 0 saturated heterocycles. The summed E-state index contributed by atoms with van der Waals surface area (Å²) in [5.41, 5.74) is 5.47. The first-order valence-electron chi connectivity index (χ1n) is 8.71. The van der Waals surface area contributed by atoms with Crippen LogP contribution in [0.25, 0.3) is 5.69 Å². The number of nitrogens with zero attached hydrogens (tertiary/aromatic N) is 2. The number of carbonyl (C=O) groups excluding carboxylic acids is 2. The van der Waals surface area contributed by atoms with E-state index in [9.17, 15) is 24.5 Å². The number of nitrogen functional groups attached to an aromatic ring is 1. The van der Waals surface area contributed by atoms with Crippen molar-refractivity contribution >= 4 is 23.3 Å². The van der Waals surface area contributed by atoms with Crippen molar-refractivity contribution in [2.75, 3.05) is 5.73 Å². The molecule has 10 heteroatoms. The second-order valence-electron chi connectivity index (χ2n) is 6.58. The van der Waals surface area contributed by atoms with Crippen LogP contribution in [0, 0.1) is 17.0 Å². The number of nitrogens with one attached hydrogen (secondary N) is 1. The zero-order valence-corrected chi connectivity index (χ0v) is 15.5. The third-order valence-electron chi connectivity index (χ3n) is 4.62. The van der Waals surface area contributed by atoms with Crippen LogP contribution in [0.5, 0.6) is 11.5 Å². The van der Waals surface area contributed by atoms with Gasteiger partial charge in [-0.15, -0.1) is 0 Å². The van der Waals surface area contributed by atoms with Gasteiger partial charge in [0.05, 0.1) is 27.8 Å². The molecule has 0 atom stereocenters. The topological polar surface area (TPSA) is 147 Å². The first-order chi connectivity index (χ1) is 14.3. The number of fused-ring (bicyclic) bond motifs is 1. The number of hydrogen-bond acceptors (Lipinski definition) is 7. The Labute approximate surface area is 168 Å². The number of aromatic nitrogens is 1. The Kier molecular flexibility index (Phi) is 4.31. The molecule has 150 valence electrons. The molecule has 1 aliphatic rings. The van der Waals surface area contributed by atoms with Crippen LogP contribution in [-0.2, 0) is 0 Å². The smallest absolute Gasteiger partial charge is 0.275 e. The quantitative estimate of drug-likeness (QED) is 0.384. The summed E-state index contributed by atoms with van der Waals surface area (Å²) in [4.78, 5) is 47.3. The molecule has 10 nitrogen and oxygen atoms in total. The molecule has 4 rings (SSSR count). The summed E-state index contributed by atoms with van der Waals surface area (Å²) in [7, 11) is 0. The SMILES string of the molecule is Cc1ccccc1Oc1cc(-n2c(N)c3c(cc2=O)C(=O)NC3=O)cc([N+](=O)[O-])c1. The zero-order valence-electron chi connectivity index (χ0n) is 15.5. The average molecular weight is 406 g/mol. The van der Waals surface area contributed by atoms with E-state index < -0.39 is 22.3 Å². The van der Waals surface area contributed by atoms with Gasteiger partial charge >= 0.3 is 0 Å². The summed E-state index contributed by atoms with van der Waals surface area (Å²) in [5, 5.41) is 13.5. The van der Waals surface area contributed by atoms with Crippen LogP contribution in [0.15, 0.2) is 53.3 Å². The van der Waals surface area contributed by atoms with Crippen LogP contribution in [0.1, 0.15) is 26.3 Å². The number of nitro groups is 1. The fourth-order valence-corrected chi connectivity index (χ4v) is 3.21. The van der Waals surface area contributed by atoms with Crippen molar-refractivity contribution < 1.29 is 19.2 Å². The lowest BCUT2D eigenvalue weighted by atomic mass is 10.1. The van der Waals surface area contributed by atoms with E-state index in [2.05, 4.69) is 5.32 Å². The number of anilines is 1. The van der Waals surface area contributed by atoms with Gasteiger partial charge in [-0.3, -0.25) is 34.4 Å². The molecule has 0 fully saturated rings. The Morgan fingerprint density at radius 1 is 1.07 bits per heavy atom. The summed E-state index contributed by atoms with van der Waals surface area (Å²) >= 11 is 0. The molecule has 3 aromatic rings. The number of carbonyl (C=O) groups is 2. The largest absolute Gasteiger partial charge is 0.457 e. The number of amides is 2. The van der Waals surface area contributed by atoms with Gasteiger partial charge in [-0.05, 0) is 18.6 Å². The summed E-state index contributed by atoms with van der Waals surface area (Å²) in [6.45, 7) is 1.81. The number of aryl methyl sites for hydroxylation is 1. The molecule has 30 heavy (non-hydrogen) atoms. The number of pyridine rings is 1. The van der Waals surface area contributed by atoms with Crippen LogP contribution in [-0.4, -0.2) is 21.3 Å². The summed E-state index contributed by atoms with van der Waals surface area (Å²) in [6, 6.07) is 11.8. The second kappa shape index (κ2) is 6.85. The van der Waals surface area contributed by atoms with Crippen molar-refractivity contribution in [3.8, 4) is 17.2 Å². The van der Waals surface area contributed by atoms with Crippen molar-refractivity contribution in [2.24, 2.45) is 0 Å². The van der Waals surface area contributed by atoms with E-state index in [1.54, 1.807) is 12.1 Å². The fraction of sp³-hybridized carbons (Fsp3) is 0.0500. The third kappa shape index (κ3) is 3.05. The fourth-order valence-electron chi connectivity index (χ4n) is 3.21.